The van der Waals surface area contributed by atoms with Gasteiger partial charge in [-0.25, -0.2) is 0 Å². The minimum Gasteiger partial charge on any atom is -0.496 e. The lowest BCUT2D eigenvalue weighted by atomic mass is 9.80. The van der Waals surface area contributed by atoms with Crippen LogP contribution in [-0.2, 0) is 28.2 Å². The quantitative estimate of drug-likeness (QED) is 0.892. The van der Waals surface area contributed by atoms with E-state index in [0.717, 1.165) is 22.4 Å². The van der Waals surface area contributed by atoms with Crippen LogP contribution in [0.25, 0.3) is 0 Å². The van der Waals surface area contributed by atoms with Crippen molar-refractivity contribution in [3.8, 4) is 5.75 Å². The Balaban J connectivity index is 2.46. The van der Waals surface area contributed by atoms with Crippen LogP contribution in [0.5, 0.6) is 5.75 Å². The van der Waals surface area contributed by atoms with Gasteiger partial charge in [0.15, 0.2) is 0 Å². The highest BCUT2D eigenvalue weighted by molar-refractivity contribution is 5.69. The molecule has 0 saturated carbocycles. The maximum absolute atomic E-state index is 11.0. The molecule has 0 spiro atoms. The number of fused-ring (bicyclic) bond motifs is 1. The third-order valence-corrected chi connectivity index (χ3v) is 3.36. The van der Waals surface area contributed by atoms with E-state index in [2.05, 4.69) is 0 Å². The van der Waals surface area contributed by atoms with Gasteiger partial charge >= 0.3 is 5.97 Å². The highest BCUT2D eigenvalue weighted by Gasteiger charge is 2.29. The van der Waals surface area contributed by atoms with Gasteiger partial charge in [0, 0.05) is 11.0 Å². The molecule has 4 heteroatoms. The van der Waals surface area contributed by atoms with Crippen LogP contribution in [0.1, 0.15) is 37.0 Å². The van der Waals surface area contributed by atoms with E-state index in [4.69, 9.17) is 14.6 Å². The predicted octanol–water partition coefficient (Wildman–Crippen LogP) is 2.48. The van der Waals surface area contributed by atoms with Crippen molar-refractivity contribution in [1.29, 1.82) is 0 Å². The smallest absolute Gasteiger partial charge is 0.304 e. The van der Waals surface area contributed by atoms with E-state index < -0.39 is 11.4 Å². The zero-order valence-corrected chi connectivity index (χ0v) is 10.9. The third-order valence-electron chi connectivity index (χ3n) is 3.36. The zero-order chi connectivity index (χ0) is 13.3. The molecule has 0 unspecified atom stereocenters. The Morgan fingerprint density at radius 1 is 1.39 bits per heavy atom. The summed E-state index contributed by atoms with van der Waals surface area (Å²) in [6, 6.07) is 3.98. The predicted molar refractivity (Wildman–Crippen MR) is 66.8 cm³/mol. The molecule has 1 N–H and O–H groups in total. The summed E-state index contributed by atoms with van der Waals surface area (Å²) in [5.74, 6) is -0.0655. The molecule has 4 nitrogen and oxygen atoms in total. The summed E-state index contributed by atoms with van der Waals surface area (Å²) < 4.78 is 10.8. The average molecular weight is 250 g/mol. The van der Waals surface area contributed by atoms with Gasteiger partial charge in [-0.1, -0.05) is 13.8 Å². The van der Waals surface area contributed by atoms with Gasteiger partial charge in [0.25, 0.3) is 0 Å². The van der Waals surface area contributed by atoms with Gasteiger partial charge in [-0.05, 0) is 23.3 Å². The summed E-state index contributed by atoms with van der Waals surface area (Å²) in [4.78, 5) is 11.0. The second kappa shape index (κ2) is 4.61. The monoisotopic (exact) mass is 250 g/mol. The van der Waals surface area contributed by atoms with E-state index in [1.807, 2.05) is 26.0 Å². The summed E-state index contributed by atoms with van der Waals surface area (Å²) in [6.45, 7) is 5.03. The number of methoxy groups -OCH3 is 1. The van der Waals surface area contributed by atoms with Crippen molar-refractivity contribution in [1.82, 2.24) is 0 Å². The van der Waals surface area contributed by atoms with Gasteiger partial charge in [-0.2, -0.15) is 0 Å². The van der Waals surface area contributed by atoms with Crippen LogP contribution >= 0.6 is 0 Å². The number of hydrogen-bond donors (Lipinski definition) is 1. The number of ether oxygens (including phenoxy) is 2. The molecule has 1 heterocycles. The van der Waals surface area contributed by atoms with Crippen molar-refractivity contribution in [2.45, 2.75) is 38.9 Å². The Morgan fingerprint density at radius 3 is 2.56 bits per heavy atom. The normalized spacial score (nSPS) is 14.4. The van der Waals surface area contributed by atoms with E-state index in [-0.39, 0.29) is 6.42 Å². The van der Waals surface area contributed by atoms with Crippen molar-refractivity contribution in [2.75, 3.05) is 7.11 Å². The summed E-state index contributed by atoms with van der Waals surface area (Å²) in [6.07, 6.45) is 0.0724. The number of benzene rings is 1. The van der Waals surface area contributed by atoms with Gasteiger partial charge < -0.3 is 14.6 Å². The molecule has 1 aromatic carbocycles. The summed E-state index contributed by atoms with van der Waals surface area (Å²) in [5.41, 5.74) is 2.72. The minimum absolute atomic E-state index is 0.0724. The molecule has 1 aromatic rings. The van der Waals surface area contributed by atoms with E-state index in [9.17, 15) is 4.79 Å². The van der Waals surface area contributed by atoms with Crippen LogP contribution in [0.15, 0.2) is 12.1 Å². The SMILES string of the molecule is COc1cc2c(cc1C(C)(C)CC(=O)O)COC2. The van der Waals surface area contributed by atoms with Crippen molar-refractivity contribution in [3.05, 3.63) is 28.8 Å². The van der Waals surface area contributed by atoms with Crippen molar-refractivity contribution in [2.24, 2.45) is 0 Å². The highest BCUT2D eigenvalue weighted by Crippen LogP contribution is 2.38. The molecule has 1 aliphatic rings. The molecular weight excluding hydrogens is 232 g/mol. The Bertz CT molecular complexity index is 477. The van der Waals surface area contributed by atoms with Crippen molar-refractivity contribution in [3.63, 3.8) is 0 Å². The van der Waals surface area contributed by atoms with E-state index >= 15 is 0 Å². The first-order valence-corrected chi connectivity index (χ1v) is 5.94. The number of carboxylic acids is 1. The number of carbonyl (C=O) groups is 1. The molecule has 0 amide bonds. The number of rotatable bonds is 4. The molecule has 1 aliphatic heterocycles. The minimum atomic E-state index is -0.807. The maximum atomic E-state index is 11.0. The van der Waals surface area contributed by atoms with Gasteiger partial charge in [0.05, 0.1) is 26.7 Å². The molecular formula is C14H18O4. The fourth-order valence-corrected chi connectivity index (χ4v) is 2.38. The van der Waals surface area contributed by atoms with E-state index in [0.29, 0.717) is 13.2 Å². The first-order chi connectivity index (χ1) is 8.44. The van der Waals surface area contributed by atoms with Crippen molar-refractivity contribution < 1.29 is 19.4 Å². The van der Waals surface area contributed by atoms with E-state index in [1.165, 1.54) is 0 Å². The second-order valence-corrected chi connectivity index (χ2v) is 5.27. The van der Waals surface area contributed by atoms with Gasteiger partial charge in [-0.15, -0.1) is 0 Å². The summed E-state index contributed by atoms with van der Waals surface area (Å²) >= 11 is 0. The Labute approximate surface area is 107 Å². The first kappa shape index (κ1) is 12.9. The molecule has 0 aliphatic carbocycles. The Hall–Kier alpha value is -1.55. The molecule has 98 valence electrons. The Kier molecular flexibility index (Phi) is 3.30. The van der Waals surface area contributed by atoms with Crippen LogP contribution < -0.4 is 4.74 Å². The maximum Gasteiger partial charge on any atom is 0.304 e. The number of carboxylic acid groups (broad SMARTS) is 1. The average Bonchev–Trinajstić information content (AvgIpc) is 2.72. The molecule has 0 fully saturated rings. The highest BCUT2D eigenvalue weighted by atomic mass is 16.5. The third kappa shape index (κ3) is 2.34. The van der Waals surface area contributed by atoms with Gasteiger partial charge in [0.1, 0.15) is 5.75 Å². The molecule has 0 bridgehead atoms. The summed E-state index contributed by atoms with van der Waals surface area (Å²) in [7, 11) is 1.61. The first-order valence-electron chi connectivity index (χ1n) is 5.94. The van der Waals surface area contributed by atoms with Gasteiger partial charge in [-0.3, -0.25) is 4.79 Å². The van der Waals surface area contributed by atoms with Gasteiger partial charge in [0.2, 0.25) is 0 Å². The van der Waals surface area contributed by atoms with E-state index in [1.54, 1.807) is 7.11 Å². The van der Waals surface area contributed by atoms with Crippen LogP contribution in [-0.4, -0.2) is 18.2 Å². The second-order valence-electron chi connectivity index (χ2n) is 5.27. The fraction of sp³-hybridized carbons (Fsp3) is 0.500. The lowest BCUT2D eigenvalue weighted by Gasteiger charge is -2.26. The summed E-state index contributed by atoms with van der Waals surface area (Å²) in [5, 5.41) is 9.00. The molecule has 0 aromatic heterocycles. The number of hydrogen-bond acceptors (Lipinski definition) is 3. The van der Waals surface area contributed by atoms with Crippen LogP contribution in [0.4, 0.5) is 0 Å². The zero-order valence-electron chi connectivity index (χ0n) is 10.9. The molecule has 0 radical (unpaired) electrons. The Morgan fingerprint density at radius 2 is 2.00 bits per heavy atom. The lowest BCUT2D eigenvalue weighted by Crippen LogP contribution is -2.22. The lowest BCUT2D eigenvalue weighted by molar-refractivity contribution is -0.138. The molecule has 0 atom stereocenters. The van der Waals surface area contributed by atoms with Crippen LogP contribution in [0, 0.1) is 0 Å². The van der Waals surface area contributed by atoms with Crippen LogP contribution in [0.2, 0.25) is 0 Å². The number of aliphatic carboxylic acids is 1. The molecule has 2 rings (SSSR count). The fourth-order valence-electron chi connectivity index (χ4n) is 2.38. The van der Waals surface area contributed by atoms with Crippen LogP contribution in [0.3, 0.4) is 0 Å². The van der Waals surface area contributed by atoms with Crippen molar-refractivity contribution >= 4 is 5.97 Å². The topological polar surface area (TPSA) is 55.8 Å². The molecule has 0 saturated heterocycles. The largest absolute Gasteiger partial charge is 0.496 e. The molecule has 18 heavy (non-hydrogen) atoms. The standard InChI is InChI=1S/C14H18O4/c1-14(2,6-13(15)16)11-4-9-7-18-8-10(9)5-12(11)17-3/h4-5H,6-8H2,1-3H3,(H,15,16).